The summed E-state index contributed by atoms with van der Waals surface area (Å²) in [5.41, 5.74) is 0. The molecule has 1 aliphatic heterocycles. The highest BCUT2D eigenvalue weighted by Crippen LogP contribution is 2.16. The summed E-state index contributed by atoms with van der Waals surface area (Å²) in [4.78, 5) is 24.1. The minimum atomic E-state index is -0.314. The predicted molar refractivity (Wildman–Crippen MR) is 49.0 cm³/mol. The number of amides is 2. The van der Waals surface area contributed by atoms with Gasteiger partial charge in [0.15, 0.2) is 0 Å². The number of nitrogens with one attached hydrogen (secondary N) is 1. The van der Waals surface area contributed by atoms with Gasteiger partial charge in [0.05, 0.1) is 0 Å². The summed E-state index contributed by atoms with van der Waals surface area (Å²) in [5.74, 6) is 0.279. The summed E-state index contributed by atoms with van der Waals surface area (Å²) >= 11 is 0. The Morgan fingerprint density at radius 2 is 2.15 bits per heavy atom. The lowest BCUT2D eigenvalue weighted by molar-refractivity contribution is -0.137. The second-order valence-corrected chi connectivity index (χ2v) is 3.90. The monoisotopic (exact) mass is 184 g/mol. The Hall–Kier alpha value is -1.06. The minimum Gasteiger partial charge on any atom is -0.347 e. The van der Waals surface area contributed by atoms with E-state index in [1.165, 1.54) is 4.90 Å². The highest BCUT2D eigenvalue weighted by molar-refractivity contribution is 5.88. The normalized spacial score (nSPS) is 28.1. The number of piperidine rings is 1. The summed E-state index contributed by atoms with van der Waals surface area (Å²) in [7, 11) is 3.40. The first-order valence-electron chi connectivity index (χ1n) is 4.51. The standard InChI is InChI=1S/C9H16N2O2/c1-6-4-7(9(13)11(2)3)10-8(12)5-6/h6-7H,4-5H2,1-3H3,(H,10,12). The van der Waals surface area contributed by atoms with Gasteiger partial charge < -0.3 is 10.2 Å². The number of carbonyl (C=O) groups is 2. The molecule has 1 heterocycles. The fourth-order valence-corrected chi connectivity index (χ4v) is 1.59. The Morgan fingerprint density at radius 3 is 2.62 bits per heavy atom. The van der Waals surface area contributed by atoms with E-state index in [4.69, 9.17) is 0 Å². The van der Waals surface area contributed by atoms with Gasteiger partial charge in [0, 0.05) is 20.5 Å². The van der Waals surface area contributed by atoms with Crippen molar-refractivity contribution in [2.75, 3.05) is 14.1 Å². The molecule has 0 aliphatic carbocycles. The predicted octanol–water partition coefficient (Wildman–Crippen LogP) is -0.0107. The van der Waals surface area contributed by atoms with Crippen molar-refractivity contribution in [1.29, 1.82) is 0 Å². The molecule has 1 saturated heterocycles. The van der Waals surface area contributed by atoms with E-state index >= 15 is 0 Å². The first-order chi connectivity index (χ1) is 6.00. The van der Waals surface area contributed by atoms with Crippen molar-refractivity contribution in [3.8, 4) is 0 Å². The fourth-order valence-electron chi connectivity index (χ4n) is 1.59. The lowest BCUT2D eigenvalue weighted by Gasteiger charge is -2.28. The molecular weight excluding hydrogens is 168 g/mol. The molecule has 2 unspecified atom stereocenters. The van der Waals surface area contributed by atoms with E-state index in [9.17, 15) is 9.59 Å². The second-order valence-electron chi connectivity index (χ2n) is 3.90. The molecule has 13 heavy (non-hydrogen) atoms. The Morgan fingerprint density at radius 1 is 1.54 bits per heavy atom. The largest absolute Gasteiger partial charge is 0.347 e. The van der Waals surface area contributed by atoms with E-state index in [0.717, 1.165) is 6.42 Å². The lowest BCUT2D eigenvalue weighted by Crippen LogP contribution is -2.50. The van der Waals surface area contributed by atoms with Gasteiger partial charge in [-0.15, -0.1) is 0 Å². The molecule has 0 aromatic carbocycles. The molecule has 0 saturated carbocycles. The average molecular weight is 184 g/mol. The van der Waals surface area contributed by atoms with Crippen LogP contribution in [0.2, 0.25) is 0 Å². The van der Waals surface area contributed by atoms with Crippen molar-refractivity contribution < 1.29 is 9.59 Å². The molecule has 0 radical (unpaired) electrons. The smallest absolute Gasteiger partial charge is 0.244 e. The Labute approximate surface area is 78.3 Å². The maximum Gasteiger partial charge on any atom is 0.244 e. The van der Waals surface area contributed by atoms with E-state index < -0.39 is 0 Å². The van der Waals surface area contributed by atoms with E-state index in [1.807, 2.05) is 6.92 Å². The van der Waals surface area contributed by atoms with Crippen LogP contribution < -0.4 is 5.32 Å². The molecule has 0 aromatic rings. The van der Waals surface area contributed by atoms with Crippen molar-refractivity contribution in [1.82, 2.24) is 10.2 Å². The van der Waals surface area contributed by atoms with E-state index in [0.29, 0.717) is 12.3 Å². The first kappa shape index (κ1) is 10.0. The number of hydrogen-bond donors (Lipinski definition) is 1. The Kier molecular flexibility index (Phi) is 2.90. The SMILES string of the molecule is CC1CC(=O)NC(C(=O)N(C)C)C1. The fraction of sp³-hybridized carbons (Fsp3) is 0.778. The van der Waals surface area contributed by atoms with E-state index in [1.54, 1.807) is 14.1 Å². The molecule has 1 fully saturated rings. The third-order valence-electron chi connectivity index (χ3n) is 2.25. The second kappa shape index (κ2) is 3.77. The molecule has 0 aromatic heterocycles. The molecule has 0 bridgehead atoms. The van der Waals surface area contributed by atoms with Crippen LogP contribution in [-0.4, -0.2) is 36.9 Å². The minimum absolute atomic E-state index is 0.0140. The summed E-state index contributed by atoms with van der Waals surface area (Å²) in [6, 6.07) is -0.314. The molecule has 1 rings (SSSR count). The van der Waals surface area contributed by atoms with Crippen LogP contribution in [0.3, 0.4) is 0 Å². The van der Waals surface area contributed by atoms with Crippen molar-refractivity contribution in [2.45, 2.75) is 25.8 Å². The van der Waals surface area contributed by atoms with Crippen LogP contribution in [0.4, 0.5) is 0 Å². The van der Waals surface area contributed by atoms with Crippen molar-refractivity contribution in [2.24, 2.45) is 5.92 Å². The summed E-state index contributed by atoms with van der Waals surface area (Å²) in [6.45, 7) is 1.99. The van der Waals surface area contributed by atoms with Gasteiger partial charge in [-0.2, -0.15) is 0 Å². The van der Waals surface area contributed by atoms with Gasteiger partial charge >= 0.3 is 0 Å². The number of nitrogens with zero attached hydrogens (tertiary/aromatic N) is 1. The van der Waals surface area contributed by atoms with E-state index in [-0.39, 0.29) is 17.9 Å². The zero-order chi connectivity index (χ0) is 10.0. The van der Waals surface area contributed by atoms with Crippen LogP contribution >= 0.6 is 0 Å². The number of hydrogen-bond acceptors (Lipinski definition) is 2. The molecule has 74 valence electrons. The zero-order valence-corrected chi connectivity index (χ0v) is 8.33. The summed E-state index contributed by atoms with van der Waals surface area (Å²) in [5, 5.41) is 2.70. The Bertz CT molecular complexity index is 226. The first-order valence-corrected chi connectivity index (χ1v) is 4.51. The quantitative estimate of drug-likeness (QED) is 0.623. The highest BCUT2D eigenvalue weighted by atomic mass is 16.2. The molecule has 1 N–H and O–H groups in total. The van der Waals surface area contributed by atoms with Gasteiger partial charge in [-0.3, -0.25) is 9.59 Å². The van der Waals surface area contributed by atoms with Gasteiger partial charge in [0.2, 0.25) is 11.8 Å². The topological polar surface area (TPSA) is 49.4 Å². The molecule has 1 aliphatic rings. The van der Waals surface area contributed by atoms with Crippen molar-refractivity contribution in [3.63, 3.8) is 0 Å². The molecular formula is C9H16N2O2. The zero-order valence-electron chi connectivity index (χ0n) is 8.33. The van der Waals surface area contributed by atoms with Crippen molar-refractivity contribution >= 4 is 11.8 Å². The molecule has 4 nitrogen and oxygen atoms in total. The molecule has 4 heteroatoms. The molecule has 2 atom stereocenters. The summed E-state index contributed by atoms with van der Waals surface area (Å²) in [6.07, 6.45) is 1.29. The van der Waals surface area contributed by atoms with E-state index in [2.05, 4.69) is 5.32 Å². The number of likely N-dealkylation sites (N-methyl/N-ethyl adjacent to an activating group) is 1. The van der Waals surface area contributed by atoms with Crippen LogP contribution in [0.15, 0.2) is 0 Å². The number of carbonyl (C=O) groups excluding carboxylic acids is 2. The van der Waals surface area contributed by atoms with Crippen LogP contribution in [0.1, 0.15) is 19.8 Å². The highest BCUT2D eigenvalue weighted by Gasteiger charge is 2.29. The van der Waals surface area contributed by atoms with Crippen LogP contribution in [0.25, 0.3) is 0 Å². The van der Waals surface area contributed by atoms with Crippen LogP contribution in [-0.2, 0) is 9.59 Å². The van der Waals surface area contributed by atoms with Gasteiger partial charge in [0.1, 0.15) is 6.04 Å². The van der Waals surface area contributed by atoms with Crippen molar-refractivity contribution in [3.05, 3.63) is 0 Å². The van der Waals surface area contributed by atoms with Gasteiger partial charge in [-0.25, -0.2) is 0 Å². The maximum absolute atomic E-state index is 11.5. The third-order valence-corrected chi connectivity index (χ3v) is 2.25. The van der Waals surface area contributed by atoms with Gasteiger partial charge in [-0.1, -0.05) is 6.92 Å². The summed E-state index contributed by atoms with van der Waals surface area (Å²) < 4.78 is 0. The maximum atomic E-state index is 11.5. The molecule has 0 spiro atoms. The number of rotatable bonds is 1. The Balaban J connectivity index is 2.60. The third kappa shape index (κ3) is 2.44. The van der Waals surface area contributed by atoms with Gasteiger partial charge in [-0.05, 0) is 12.3 Å². The van der Waals surface area contributed by atoms with Crippen LogP contribution in [0.5, 0.6) is 0 Å². The average Bonchev–Trinajstić information content (AvgIpc) is 2.01. The molecule has 2 amide bonds. The van der Waals surface area contributed by atoms with Crippen LogP contribution in [0, 0.1) is 5.92 Å². The lowest BCUT2D eigenvalue weighted by atomic mass is 9.93. The van der Waals surface area contributed by atoms with Gasteiger partial charge in [0.25, 0.3) is 0 Å².